The molecule has 0 aliphatic carbocycles. The fraction of sp³-hybridized carbons (Fsp3) is 0. The molecule has 0 atom stereocenters. The van der Waals surface area contributed by atoms with Crippen LogP contribution in [0, 0.1) is 0 Å². The minimum atomic E-state index is 0.612. The summed E-state index contributed by atoms with van der Waals surface area (Å²) in [6.45, 7) is 0. The zero-order valence-corrected chi connectivity index (χ0v) is 7.30. The summed E-state index contributed by atoms with van der Waals surface area (Å²) in [5.41, 5.74) is 0. The summed E-state index contributed by atoms with van der Waals surface area (Å²) in [6.07, 6.45) is 0. The van der Waals surface area contributed by atoms with Crippen molar-refractivity contribution in [3.05, 3.63) is 28.2 Å². The monoisotopic (exact) mass is 193 g/mol. The van der Waals surface area contributed by atoms with Gasteiger partial charge in [0.1, 0.15) is 0 Å². The highest BCUT2D eigenvalue weighted by Gasteiger charge is 1.95. The van der Waals surface area contributed by atoms with Crippen molar-refractivity contribution < 1.29 is 0 Å². The first-order valence-electron chi connectivity index (χ1n) is 2.55. The highest BCUT2D eigenvalue weighted by atomic mass is 35.5. The number of nitrogens with two attached hydrogens (primary N) is 1. The number of hydrogen-bond donors (Lipinski definition) is 1. The molecule has 0 aromatic heterocycles. The van der Waals surface area contributed by atoms with Crippen molar-refractivity contribution in [2.75, 3.05) is 0 Å². The molecule has 0 bridgehead atoms. The third-order valence-electron chi connectivity index (χ3n) is 0.972. The summed E-state index contributed by atoms with van der Waals surface area (Å²) in [4.78, 5) is 0.873. The van der Waals surface area contributed by atoms with Crippen molar-refractivity contribution in [2.24, 2.45) is 5.14 Å². The molecule has 0 spiro atoms. The summed E-state index contributed by atoms with van der Waals surface area (Å²) >= 11 is 12.5. The van der Waals surface area contributed by atoms with E-state index >= 15 is 0 Å². The van der Waals surface area contributed by atoms with Gasteiger partial charge in [-0.15, -0.1) is 0 Å². The van der Waals surface area contributed by atoms with Crippen LogP contribution in [0.5, 0.6) is 0 Å². The Morgan fingerprint density at radius 3 is 2.00 bits per heavy atom. The van der Waals surface area contributed by atoms with Crippen LogP contribution >= 0.6 is 35.1 Å². The maximum Gasteiger partial charge on any atom is 0.0432 e. The lowest BCUT2D eigenvalue weighted by Crippen LogP contribution is -1.78. The number of hydrogen-bond acceptors (Lipinski definition) is 2. The van der Waals surface area contributed by atoms with E-state index in [1.54, 1.807) is 18.2 Å². The van der Waals surface area contributed by atoms with Crippen molar-refractivity contribution >= 4 is 35.1 Å². The summed E-state index contributed by atoms with van der Waals surface area (Å²) in [5, 5.41) is 6.51. The second-order valence-corrected chi connectivity index (χ2v) is 3.30. The predicted octanol–water partition coefficient (Wildman–Crippen LogP) is 2.96. The third kappa shape index (κ3) is 2.06. The smallest absolute Gasteiger partial charge is 0.0432 e. The van der Waals surface area contributed by atoms with Gasteiger partial charge in [0, 0.05) is 14.9 Å². The normalized spacial score (nSPS) is 9.90. The molecule has 54 valence electrons. The quantitative estimate of drug-likeness (QED) is 0.695. The Labute approximate surface area is 73.6 Å². The zero-order valence-electron chi connectivity index (χ0n) is 4.97. The van der Waals surface area contributed by atoms with Crippen molar-refractivity contribution in [1.82, 2.24) is 0 Å². The lowest BCUT2D eigenvalue weighted by atomic mass is 10.4. The molecule has 0 heterocycles. The highest BCUT2D eigenvalue weighted by molar-refractivity contribution is 7.97. The number of halogens is 2. The number of rotatable bonds is 1. The Bertz CT molecular complexity index is 219. The highest BCUT2D eigenvalue weighted by Crippen LogP contribution is 2.23. The minimum absolute atomic E-state index is 0.612. The lowest BCUT2D eigenvalue weighted by Gasteiger charge is -1.96. The third-order valence-corrected chi connectivity index (χ3v) is 1.92. The van der Waals surface area contributed by atoms with E-state index in [0.717, 1.165) is 16.8 Å². The van der Waals surface area contributed by atoms with E-state index in [-0.39, 0.29) is 0 Å². The van der Waals surface area contributed by atoms with E-state index in [1.807, 2.05) is 0 Å². The van der Waals surface area contributed by atoms with Gasteiger partial charge in [0.05, 0.1) is 0 Å². The van der Waals surface area contributed by atoms with Gasteiger partial charge in [0.2, 0.25) is 0 Å². The second-order valence-electron chi connectivity index (χ2n) is 1.72. The van der Waals surface area contributed by atoms with Gasteiger partial charge >= 0.3 is 0 Å². The first-order valence-corrected chi connectivity index (χ1v) is 4.19. The summed E-state index contributed by atoms with van der Waals surface area (Å²) < 4.78 is 0. The summed E-state index contributed by atoms with van der Waals surface area (Å²) in [6, 6.07) is 5.19. The Kier molecular flexibility index (Phi) is 2.86. The molecule has 4 heteroatoms. The SMILES string of the molecule is NSc1cc(Cl)cc(Cl)c1. The molecule has 0 radical (unpaired) electrons. The lowest BCUT2D eigenvalue weighted by molar-refractivity contribution is 1.46. The summed E-state index contributed by atoms with van der Waals surface area (Å²) in [5.74, 6) is 0. The Balaban J connectivity index is 3.06. The van der Waals surface area contributed by atoms with Gasteiger partial charge in [-0.3, -0.25) is 5.14 Å². The van der Waals surface area contributed by atoms with Gasteiger partial charge in [-0.2, -0.15) is 0 Å². The van der Waals surface area contributed by atoms with Crippen LogP contribution < -0.4 is 5.14 Å². The molecule has 0 aliphatic heterocycles. The van der Waals surface area contributed by atoms with Crippen LogP contribution in [-0.2, 0) is 0 Å². The standard InChI is InChI=1S/C6H5Cl2NS/c7-4-1-5(8)3-6(2-4)10-9/h1-3H,9H2. The van der Waals surface area contributed by atoms with Gasteiger partial charge < -0.3 is 0 Å². The maximum absolute atomic E-state index is 5.68. The van der Waals surface area contributed by atoms with E-state index < -0.39 is 0 Å². The molecule has 1 aromatic rings. The fourth-order valence-electron chi connectivity index (χ4n) is 0.597. The Morgan fingerprint density at radius 2 is 1.60 bits per heavy atom. The van der Waals surface area contributed by atoms with E-state index in [1.165, 1.54) is 0 Å². The molecule has 0 amide bonds. The molecular weight excluding hydrogens is 189 g/mol. The van der Waals surface area contributed by atoms with Crippen molar-refractivity contribution in [1.29, 1.82) is 0 Å². The topological polar surface area (TPSA) is 26.0 Å². The second kappa shape index (κ2) is 3.49. The van der Waals surface area contributed by atoms with Crippen molar-refractivity contribution in [2.45, 2.75) is 4.90 Å². The molecule has 1 nitrogen and oxygen atoms in total. The van der Waals surface area contributed by atoms with Gasteiger partial charge in [-0.1, -0.05) is 23.2 Å². The first kappa shape index (κ1) is 8.21. The average Bonchev–Trinajstić information content (AvgIpc) is 1.85. The van der Waals surface area contributed by atoms with Crippen LogP contribution in [0.15, 0.2) is 23.1 Å². The zero-order chi connectivity index (χ0) is 7.56. The van der Waals surface area contributed by atoms with Crippen LogP contribution in [0.1, 0.15) is 0 Å². The van der Waals surface area contributed by atoms with Crippen LogP contribution in [0.25, 0.3) is 0 Å². The van der Waals surface area contributed by atoms with Crippen molar-refractivity contribution in [3.63, 3.8) is 0 Å². The molecule has 0 aliphatic rings. The molecule has 0 unspecified atom stereocenters. The molecule has 10 heavy (non-hydrogen) atoms. The van der Waals surface area contributed by atoms with Gasteiger partial charge in [-0.05, 0) is 30.1 Å². The van der Waals surface area contributed by atoms with Crippen LogP contribution in [0.2, 0.25) is 10.0 Å². The predicted molar refractivity (Wildman–Crippen MR) is 46.5 cm³/mol. The molecule has 2 N–H and O–H groups in total. The van der Waals surface area contributed by atoms with Crippen LogP contribution in [0.3, 0.4) is 0 Å². The van der Waals surface area contributed by atoms with E-state index in [9.17, 15) is 0 Å². The molecule has 1 rings (SSSR count). The van der Waals surface area contributed by atoms with E-state index in [0.29, 0.717) is 10.0 Å². The average molecular weight is 194 g/mol. The van der Waals surface area contributed by atoms with Gasteiger partial charge in [-0.25, -0.2) is 0 Å². The minimum Gasteiger partial charge on any atom is -0.274 e. The van der Waals surface area contributed by atoms with E-state index in [4.69, 9.17) is 28.3 Å². The largest absolute Gasteiger partial charge is 0.274 e. The summed E-state index contributed by atoms with van der Waals surface area (Å²) in [7, 11) is 0. The van der Waals surface area contributed by atoms with Crippen molar-refractivity contribution in [3.8, 4) is 0 Å². The van der Waals surface area contributed by atoms with Crippen LogP contribution in [-0.4, -0.2) is 0 Å². The fourth-order valence-corrected chi connectivity index (χ4v) is 1.64. The molecule has 1 aromatic carbocycles. The maximum atomic E-state index is 5.68. The van der Waals surface area contributed by atoms with Gasteiger partial charge in [0.25, 0.3) is 0 Å². The molecule has 0 saturated carbocycles. The van der Waals surface area contributed by atoms with E-state index in [2.05, 4.69) is 0 Å². The Morgan fingerprint density at radius 1 is 1.10 bits per heavy atom. The van der Waals surface area contributed by atoms with Gasteiger partial charge in [0.15, 0.2) is 0 Å². The Hall–Kier alpha value is 0.110. The molecular formula is C6H5Cl2NS. The van der Waals surface area contributed by atoms with Crippen LogP contribution in [0.4, 0.5) is 0 Å². The first-order chi connectivity index (χ1) is 4.72. The molecule has 0 saturated heterocycles. The number of benzene rings is 1. The molecule has 0 fully saturated rings.